The van der Waals surface area contributed by atoms with Crippen LogP contribution in [0.1, 0.15) is 44.5 Å². The number of fused-ring (bicyclic) bond motifs is 3. The molecular formula is C19H27ClN2O2. The molecule has 0 spiro atoms. The van der Waals surface area contributed by atoms with Crippen LogP contribution in [-0.2, 0) is 16.0 Å². The van der Waals surface area contributed by atoms with Gasteiger partial charge in [0, 0.05) is 28.2 Å². The summed E-state index contributed by atoms with van der Waals surface area (Å²) in [7, 11) is 2.23. The minimum atomic E-state index is 0.431. The van der Waals surface area contributed by atoms with Crippen LogP contribution in [0.3, 0.4) is 0 Å². The number of nitrogens with zero attached hydrogens (tertiary/aromatic N) is 1. The molecule has 2 unspecified atom stereocenters. The zero-order valence-electron chi connectivity index (χ0n) is 14.9. The highest BCUT2D eigenvalue weighted by atomic mass is 35.5. The van der Waals surface area contributed by atoms with Gasteiger partial charge in [-0.2, -0.15) is 0 Å². The number of carbonyl (C=O) groups excluding carboxylic acids is 1. The second-order valence-corrected chi connectivity index (χ2v) is 6.76. The Morgan fingerprint density at radius 1 is 1.46 bits per heavy atom. The molecule has 0 fully saturated rings. The normalized spacial score (nSPS) is 18.5. The number of benzene rings is 1. The number of rotatable bonds is 4. The third-order valence-corrected chi connectivity index (χ3v) is 5.04. The van der Waals surface area contributed by atoms with Crippen LogP contribution >= 0.6 is 11.6 Å². The molecule has 24 heavy (non-hydrogen) atoms. The number of aromatic nitrogens is 1. The molecule has 1 aliphatic heterocycles. The number of likely N-dealkylation sites (N-methyl/N-ethyl adjacent to an activating group) is 1. The van der Waals surface area contributed by atoms with E-state index in [2.05, 4.69) is 47.6 Å². The molecule has 0 saturated carbocycles. The summed E-state index contributed by atoms with van der Waals surface area (Å²) in [5.74, 6) is 0.660. The first-order chi connectivity index (χ1) is 11.5. The first-order valence-corrected chi connectivity index (χ1v) is 8.96. The van der Waals surface area contributed by atoms with Crippen molar-refractivity contribution in [2.75, 3.05) is 20.2 Å². The van der Waals surface area contributed by atoms with Crippen LogP contribution in [0.25, 0.3) is 10.9 Å². The molecule has 0 aliphatic carbocycles. The quantitative estimate of drug-likeness (QED) is 0.821. The van der Waals surface area contributed by atoms with Gasteiger partial charge in [-0.15, -0.1) is 0 Å². The number of carbonyl (C=O) groups is 1. The molecule has 1 aliphatic rings. The van der Waals surface area contributed by atoms with Crippen molar-refractivity contribution in [2.24, 2.45) is 5.92 Å². The van der Waals surface area contributed by atoms with Crippen LogP contribution in [-0.4, -0.2) is 36.6 Å². The predicted molar refractivity (Wildman–Crippen MR) is 99.5 cm³/mol. The first kappa shape index (κ1) is 18.8. The summed E-state index contributed by atoms with van der Waals surface area (Å²) < 4.78 is 4.15. The van der Waals surface area contributed by atoms with Crippen molar-refractivity contribution >= 4 is 29.0 Å². The van der Waals surface area contributed by atoms with E-state index in [4.69, 9.17) is 11.6 Å². The van der Waals surface area contributed by atoms with Gasteiger partial charge in [0.05, 0.1) is 12.6 Å². The molecule has 2 atom stereocenters. The largest absolute Gasteiger partial charge is 0.468 e. The van der Waals surface area contributed by atoms with Crippen LogP contribution in [0.5, 0.6) is 0 Å². The number of halogens is 1. The zero-order chi connectivity index (χ0) is 17.7. The average molecular weight is 351 g/mol. The number of ether oxygens (including phenoxy) is 1. The van der Waals surface area contributed by atoms with Gasteiger partial charge in [-0.25, -0.2) is 0 Å². The SMILES string of the molecule is CCC(C)C1c2[nH]c3ccc(Cl)cc3c2CCN1C.CCOC=O. The maximum atomic E-state index is 9.18. The lowest BCUT2D eigenvalue weighted by atomic mass is 9.88. The average Bonchev–Trinajstić information content (AvgIpc) is 2.93. The van der Waals surface area contributed by atoms with Crippen LogP contribution in [0.4, 0.5) is 0 Å². The third-order valence-electron chi connectivity index (χ3n) is 4.80. The summed E-state index contributed by atoms with van der Waals surface area (Å²) in [5.41, 5.74) is 4.10. The van der Waals surface area contributed by atoms with E-state index in [1.54, 1.807) is 6.92 Å². The van der Waals surface area contributed by atoms with Crippen molar-refractivity contribution in [3.8, 4) is 0 Å². The lowest BCUT2D eigenvalue weighted by molar-refractivity contribution is -0.128. The van der Waals surface area contributed by atoms with E-state index in [0.717, 1.165) is 18.0 Å². The van der Waals surface area contributed by atoms with Gasteiger partial charge in [0.2, 0.25) is 0 Å². The second-order valence-electron chi connectivity index (χ2n) is 6.32. The Balaban J connectivity index is 0.000000368. The zero-order valence-corrected chi connectivity index (χ0v) is 15.7. The highest BCUT2D eigenvalue weighted by molar-refractivity contribution is 6.31. The number of nitrogens with one attached hydrogen (secondary N) is 1. The van der Waals surface area contributed by atoms with Crippen LogP contribution in [0.2, 0.25) is 5.02 Å². The summed E-state index contributed by atoms with van der Waals surface area (Å²) in [6.45, 7) is 8.40. The van der Waals surface area contributed by atoms with Gasteiger partial charge in [-0.3, -0.25) is 9.69 Å². The fourth-order valence-corrected chi connectivity index (χ4v) is 3.59. The Hall–Kier alpha value is -1.52. The highest BCUT2D eigenvalue weighted by Crippen LogP contribution is 2.39. The Bertz CT molecular complexity index is 683. The standard InChI is InChI=1S/C16H21ClN2.C3H6O2/c1-4-10(2)16-15-12(7-8-19(16)3)13-9-11(17)5-6-14(13)18-15;1-2-5-3-4/h5-6,9-10,16,18H,4,7-8H2,1-3H3;3H,2H2,1H3. The minimum Gasteiger partial charge on any atom is -0.468 e. The lowest BCUT2D eigenvalue weighted by Gasteiger charge is -2.36. The molecule has 4 nitrogen and oxygen atoms in total. The molecule has 2 aromatic rings. The molecule has 0 amide bonds. The maximum absolute atomic E-state index is 9.18. The van der Waals surface area contributed by atoms with Crippen molar-refractivity contribution in [1.82, 2.24) is 9.88 Å². The molecule has 1 aromatic carbocycles. The van der Waals surface area contributed by atoms with Crippen molar-refractivity contribution < 1.29 is 9.53 Å². The molecule has 5 heteroatoms. The van der Waals surface area contributed by atoms with Crippen LogP contribution in [0, 0.1) is 5.92 Å². The fourth-order valence-electron chi connectivity index (χ4n) is 3.42. The monoisotopic (exact) mass is 350 g/mol. The van der Waals surface area contributed by atoms with Crippen LogP contribution in [0.15, 0.2) is 18.2 Å². The van der Waals surface area contributed by atoms with Gasteiger partial charge in [0.15, 0.2) is 0 Å². The molecule has 1 N–H and O–H groups in total. The molecular weight excluding hydrogens is 324 g/mol. The van der Waals surface area contributed by atoms with E-state index in [1.807, 2.05) is 6.07 Å². The highest BCUT2D eigenvalue weighted by Gasteiger charge is 2.31. The Morgan fingerprint density at radius 3 is 2.79 bits per heavy atom. The van der Waals surface area contributed by atoms with E-state index in [-0.39, 0.29) is 0 Å². The molecule has 0 bridgehead atoms. The molecule has 2 heterocycles. The molecule has 3 rings (SSSR count). The summed E-state index contributed by atoms with van der Waals surface area (Å²) >= 11 is 6.15. The number of H-pyrrole nitrogens is 1. The number of hydrogen-bond donors (Lipinski definition) is 1. The van der Waals surface area contributed by atoms with Crippen molar-refractivity contribution in [3.05, 3.63) is 34.5 Å². The molecule has 132 valence electrons. The minimum absolute atomic E-state index is 0.431. The first-order valence-electron chi connectivity index (χ1n) is 8.58. The summed E-state index contributed by atoms with van der Waals surface area (Å²) in [5, 5.41) is 2.14. The van der Waals surface area contributed by atoms with Gasteiger partial charge < -0.3 is 9.72 Å². The number of hydrogen-bond acceptors (Lipinski definition) is 3. The third kappa shape index (κ3) is 3.93. The molecule has 0 radical (unpaired) electrons. The molecule has 0 saturated heterocycles. The Morgan fingerprint density at radius 2 is 2.21 bits per heavy atom. The molecule has 1 aromatic heterocycles. The van der Waals surface area contributed by atoms with E-state index in [1.165, 1.54) is 28.6 Å². The van der Waals surface area contributed by atoms with Gasteiger partial charge in [0.25, 0.3) is 6.47 Å². The summed E-state index contributed by atoms with van der Waals surface area (Å²) in [6, 6.07) is 6.67. The van der Waals surface area contributed by atoms with Crippen LogP contribution < -0.4 is 0 Å². The topological polar surface area (TPSA) is 45.3 Å². The van der Waals surface area contributed by atoms with Gasteiger partial charge in [0.1, 0.15) is 0 Å². The van der Waals surface area contributed by atoms with Gasteiger partial charge in [-0.1, -0.05) is 31.9 Å². The Kier molecular flexibility index (Phi) is 6.69. The lowest BCUT2D eigenvalue weighted by Crippen LogP contribution is -2.35. The summed E-state index contributed by atoms with van der Waals surface area (Å²) in [6.07, 6.45) is 2.31. The Labute approximate surface area is 149 Å². The maximum Gasteiger partial charge on any atom is 0.293 e. The second kappa shape index (κ2) is 8.54. The van der Waals surface area contributed by atoms with E-state index >= 15 is 0 Å². The van der Waals surface area contributed by atoms with E-state index in [9.17, 15) is 4.79 Å². The van der Waals surface area contributed by atoms with Gasteiger partial charge >= 0.3 is 0 Å². The fraction of sp³-hybridized carbons (Fsp3) is 0.526. The van der Waals surface area contributed by atoms with Crippen molar-refractivity contribution in [3.63, 3.8) is 0 Å². The van der Waals surface area contributed by atoms with E-state index in [0.29, 0.717) is 25.0 Å². The van der Waals surface area contributed by atoms with Gasteiger partial charge in [-0.05, 0) is 50.1 Å². The van der Waals surface area contributed by atoms with Crippen molar-refractivity contribution in [1.29, 1.82) is 0 Å². The summed E-state index contributed by atoms with van der Waals surface area (Å²) in [4.78, 5) is 15.3. The van der Waals surface area contributed by atoms with E-state index < -0.39 is 0 Å². The predicted octanol–water partition coefficient (Wildman–Crippen LogP) is 4.58. The smallest absolute Gasteiger partial charge is 0.293 e. The van der Waals surface area contributed by atoms with Crippen molar-refractivity contribution in [2.45, 2.75) is 39.7 Å². The number of aromatic amines is 1.